The molecule has 2 aliphatic heterocycles. The zero-order valence-corrected chi connectivity index (χ0v) is 28.0. The van der Waals surface area contributed by atoms with E-state index in [1.54, 1.807) is 0 Å². The van der Waals surface area contributed by atoms with E-state index in [-0.39, 0.29) is 35.6 Å². The van der Waals surface area contributed by atoms with Crippen molar-refractivity contribution in [3.05, 3.63) is 71.8 Å². The van der Waals surface area contributed by atoms with Crippen LogP contribution in [0.5, 0.6) is 0 Å². The van der Waals surface area contributed by atoms with Crippen LogP contribution in [0.3, 0.4) is 0 Å². The van der Waals surface area contributed by atoms with Gasteiger partial charge in [0.1, 0.15) is 0 Å². The smallest absolute Gasteiger partial charge is 0.307 e. The van der Waals surface area contributed by atoms with Crippen molar-refractivity contribution in [3.63, 3.8) is 0 Å². The number of benzene rings is 2. The maximum absolute atomic E-state index is 12.6. The highest BCUT2D eigenvalue weighted by Crippen LogP contribution is 2.37. The van der Waals surface area contributed by atoms with Crippen LogP contribution in [0.15, 0.2) is 60.7 Å². The van der Waals surface area contributed by atoms with Crippen LogP contribution in [0.25, 0.3) is 0 Å². The third-order valence-electron chi connectivity index (χ3n) is 10.8. The van der Waals surface area contributed by atoms with Gasteiger partial charge in [0.25, 0.3) is 0 Å². The van der Waals surface area contributed by atoms with Gasteiger partial charge >= 0.3 is 11.9 Å². The van der Waals surface area contributed by atoms with Crippen molar-refractivity contribution in [2.75, 3.05) is 26.2 Å². The Morgan fingerprint density at radius 3 is 1.10 bits per heavy atom. The van der Waals surface area contributed by atoms with Gasteiger partial charge in [-0.1, -0.05) is 86.3 Å². The summed E-state index contributed by atoms with van der Waals surface area (Å²) in [6.07, 6.45) is 11.1. The number of rotatable bonds is 10. The first-order chi connectivity index (χ1) is 22.3. The summed E-state index contributed by atoms with van der Waals surface area (Å²) >= 11 is 0. The lowest BCUT2D eigenvalue weighted by molar-refractivity contribution is -0.146. The highest BCUT2D eigenvalue weighted by molar-refractivity contribution is 5.83. The van der Waals surface area contributed by atoms with Crippen molar-refractivity contribution < 1.29 is 40.3 Å². The second kappa shape index (κ2) is 18.7. The summed E-state index contributed by atoms with van der Waals surface area (Å²) in [5.41, 5.74) is 1.95. The minimum Gasteiger partial charge on any atom is -0.481 e. The Labute approximate surface area is 284 Å². The second-order valence-electron chi connectivity index (χ2n) is 14.1. The average Bonchev–Trinajstić information content (AvgIpc) is 3.70. The molecule has 6 rings (SSSR count). The molecule has 10 nitrogen and oxygen atoms in total. The number of nitrogens with zero attached hydrogens (tertiary/aromatic N) is 2. The maximum Gasteiger partial charge on any atom is 0.307 e. The van der Waals surface area contributed by atoms with E-state index in [0.29, 0.717) is 36.5 Å². The number of likely N-dealkylation sites (tertiary alicyclic amines) is 2. The summed E-state index contributed by atoms with van der Waals surface area (Å²) in [6.45, 7) is 3.34. The predicted molar refractivity (Wildman–Crippen MR) is 183 cm³/mol. The molecule has 2 saturated heterocycles. The fourth-order valence-electron chi connectivity index (χ4n) is 8.19. The van der Waals surface area contributed by atoms with Gasteiger partial charge in [-0.05, 0) is 73.3 Å². The lowest BCUT2D eigenvalue weighted by Crippen LogP contribution is -2.33. The monoisotopic (exact) mass is 666 g/mol. The number of carbonyl (C=O) groups is 4. The van der Waals surface area contributed by atoms with E-state index in [2.05, 4.69) is 0 Å². The molecule has 264 valence electrons. The Morgan fingerprint density at radius 1 is 0.542 bits per heavy atom. The van der Waals surface area contributed by atoms with Crippen molar-refractivity contribution >= 4 is 23.8 Å². The molecule has 2 aromatic rings. The number of amides is 2. The predicted octanol–water partition coefficient (Wildman–Crippen LogP) is 4.29. The molecule has 0 radical (unpaired) electrons. The van der Waals surface area contributed by atoms with Gasteiger partial charge in [-0.3, -0.25) is 19.2 Å². The van der Waals surface area contributed by atoms with Crippen LogP contribution in [0.4, 0.5) is 0 Å². The molecule has 48 heavy (non-hydrogen) atoms. The van der Waals surface area contributed by atoms with Crippen LogP contribution in [0.1, 0.15) is 75.3 Å². The molecule has 2 heterocycles. The van der Waals surface area contributed by atoms with Gasteiger partial charge in [0.05, 0.1) is 11.8 Å². The van der Waals surface area contributed by atoms with Crippen molar-refractivity contribution in [1.82, 2.24) is 9.80 Å². The molecule has 0 spiro atoms. The van der Waals surface area contributed by atoms with Crippen LogP contribution >= 0.6 is 0 Å². The van der Waals surface area contributed by atoms with Gasteiger partial charge < -0.3 is 31.0 Å². The molecule has 0 aromatic heterocycles. The van der Waals surface area contributed by atoms with Crippen LogP contribution in [0.2, 0.25) is 0 Å². The summed E-state index contributed by atoms with van der Waals surface area (Å²) in [4.78, 5) is 52.0. The largest absolute Gasteiger partial charge is 0.481 e. The zero-order valence-electron chi connectivity index (χ0n) is 28.0. The van der Waals surface area contributed by atoms with Crippen LogP contribution in [-0.2, 0) is 32.0 Å². The fraction of sp³-hybridized carbons (Fsp3) is 0.579. The van der Waals surface area contributed by atoms with Gasteiger partial charge in [0, 0.05) is 39.0 Å². The van der Waals surface area contributed by atoms with E-state index in [0.717, 1.165) is 37.3 Å². The topological polar surface area (TPSA) is 178 Å². The number of hydrogen-bond acceptors (Lipinski definition) is 4. The Hall–Kier alpha value is -3.76. The summed E-state index contributed by atoms with van der Waals surface area (Å²) in [7, 11) is 0. The number of carboxylic acids is 2. The van der Waals surface area contributed by atoms with Gasteiger partial charge in [0.15, 0.2) is 0 Å². The van der Waals surface area contributed by atoms with Crippen molar-refractivity contribution in [2.24, 2.45) is 35.5 Å². The van der Waals surface area contributed by atoms with Crippen molar-refractivity contribution in [3.8, 4) is 0 Å². The molecule has 4 fully saturated rings. The van der Waals surface area contributed by atoms with E-state index in [4.69, 9.17) is 0 Å². The van der Waals surface area contributed by atoms with E-state index in [9.17, 15) is 29.4 Å². The number of carboxylic acid groups (broad SMARTS) is 2. The lowest BCUT2D eigenvalue weighted by atomic mass is 9.82. The van der Waals surface area contributed by atoms with E-state index in [1.165, 1.54) is 51.4 Å². The Bertz CT molecular complexity index is 1190. The van der Waals surface area contributed by atoms with Crippen LogP contribution in [0, 0.1) is 35.5 Å². The highest BCUT2D eigenvalue weighted by Gasteiger charge is 2.38. The fourth-order valence-corrected chi connectivity index (χ4v) is 8.19. The minimum absolute atomic E-state index is 0. The molecule has 10 heteroatoms. The zero-order chi connectivity index (χ0) is 32.5. The third-order valence-corrected chi connectivity index (χ3v) is 10.8. The Kier molecular flexibility index (Phi) is 15.1. The molecular weight excluding hydrogens is 612 g/mol. The van der Waals surface area contributed by atoms with Gasteiger partial charge in [-0.2, -0.15) is 0 Å². The Morgan fingerprint density at radius 2 is 0.833 bits per heavy atom. The maximum atomic E-state index is 12.6. The molecule has 2 aliphatic carbocycles. The van der Waals surface area contributed by atoms with E-state index >= 15 is 0 Å². The number of fused-ring (bicyclic) bond motifs is 2. The number of hydrogen-bond donors (Lipinski definition) is 2. The SMILES string of the molecule is O.O.O=C(O)C(CC(=O)N1C[C@H]2CCCC[C@H]2C1)Cc1ccccc1.O=C(O)C(CC(=O)N1C[C@H]2CCCC[C@H]2C1)Cc1ccccc1. The van der Waals surface area contributed by atoms with Crippen molar-refractivity contribution in [2.45, 2.75) is 77.0 Å². The molecule has 2 aromatic carbocycles. The van der Waals surface area contributed by atoms with E-state index in [1.807, 2.05) is 70.5 Å². The summed E-state index contributed by atoms with van der Waals surface area (Å²) in [6, 6.07) is 19.1. The van der Waals surface area contributed by atoms with Crippen LogP contribution < -0.4 is 0 Å². The standard InChI is InChI=1S/2C19H25NO3.2H2O/c2*21-18(20-12-15-8-4-5-9-16(15)13-20)11-17(19(22)23)10-14-6-2-1-3-7-14;;/h2*1-3,6-7,15-17H,4-5,8-13H2,(H,22,23);2*1H2/t2*15-,16+,17?;;. The summed E-state index contributed by atoms with van der Waals surface area (Å²) in [5, 5.41) is 18.9. The van der Waals surface area contributed by atoms with E-state index < -0.39 is 23.8 Å². The second-order valence-corrected chi connectivity index (χ2v) is 14.1. The number of aliphatic carboxylic acids is 2. The molecular formula is C38H54N2O8. The molecule has 2 unspecified atom stereocenters. The first-order valence-corrected chi connectivity index (χ1v) is 17.4. The molecule has 2 saturated carbocycles. The van der Waals surface area contributed by atoms with Gasteiger partial charge in [-0.25, -0.2) is 0 Å². The molecule has 2 amide bonds. The van der Waals surface area contributed by atoms with Crippen molar-refractivity contribution in [1.29, 1.82) is 0 Å². The normalized spacial score (nSPS) is 23.9. The summed E-state index contributed by atoms with van der Waals surface area (Å²) < 4.78 is 0. The minimum atomic E-state index is -0.876. The Balaban J connectivity index is 0.000000250. The third kappa shape index (κ3) is 10.6. The van der Waals surface area contributed by atoms with Gasteiger partial charge in [0.2, 0.25) is 11.8 Å². The summed E-state index contributed by atoms with van der Waals surface area (Å²) in [5.74, 6) is -0.409. The first kappa shape index (κ1) is 38.7. The quantitative estimate of drug-likeness (QED) is 0.382. The van der Waals surface area contributed by atoms with Gasteiger partial charge in [-0.15, -0.1) is 0 Å². The number of carbonyl (C=O) groups excluding carboxylic acids is 2. The highest BCUT2D eigenvalue weighted by atomic mass is 16.4. The molecule has 4 aliphatic rings. The molecule has 6 atom stereocenters. The lowest BCUT2D eigenvalue weighted by Gasteiger charge is -2.22. The molecule has 0 bridgehead atoms. The molecule has 6 N–H and O–H groups in total. The van der Waals surface area contributed by atoms with Crippen LogP contribution in [-0.4, -0.2) is 80.9 Å². The first-order valence-electron chi connectivity index (χ1n) is 17.4. The average molecular weight is 667 g/mol.